The smallest absolute Gasteiger partial charge is 0.372 e. The van der Waals surface area contributed by atoms with Gasteiger partial charge < -0.3 is 20.0 Å². The molecule has 0 saturated carbocycles. The minimum Gasteiger partial charge on any atom is -0.372 e. The average molecular weight is 404 g/mol. The van der Waals surface area contributed by atoms with Gasteiger partial charge in [0.25, 0.3) is 0 Å². The van der Waals surface area contributed by atoms with Crippen LogP contribution in [-0.2, 0) is 0 Å². The van der Waals surface area contributed by atoms with Gasteiger partial charge in [0.05, 0.1) is 17.3 Å². The third-order valence-electron chi connectivity index (χ3n) is 6.05. The Kier molecular flexibility index (Phi) is 5.23. The first-order chi connectivity index (χ1) is 13.8. The fourth-order valence-electron chi connectivity index (χ4n) is 4.16. The lowest BCUT2D eigenvalue weighted by Gasteiger charge is -2.35. The second-order valence-electron chi connectivity index (χ2n) is 8.02. The summed E-state index contributed by atoms with van der Waals surface area (Å²) in [5, 5.41) is 3.43. The molecule has 2 aliphatic rings. The van der Waals surface area contributed by atoms with Crippen LogP contribution in [0.1, 0.15) is 12.8 Å². The van der Waals surface area contributed by atoms with Crippen LogP contribution in [0.25, 0.3) is 0 Å². The SMILES string of the molecule is CN1CCN(C)c2cc(Nc3ccc(N4CCC(C(F)(F)F)CC4)cc3)ccc21. The Morgan fingerprint density at radius 2 is 1.38 bits per heavy atom. The summed E-state index contributed by atoms with van der Waals surface area (Å²) in [5.41, 5.74) is 5.38. The van der Waals surface area contributed by atoms with Gasteiger partial charge in [0, 0.05) is 57.3 Å². The number of alkyl halides is 3. The topological polar surface area (TPSA) is 21.8 Å². The first kappa shape index (κ1) is 19.7. The summed E-state index contributed by atoms with van der Waals surface area (Å²) in [5.74, 6) is -1.17. The normalized spacial score (nSPS) is 18.0. The van der Waals surface area contributed by atoms with Crippen molar-refractivity contribution in [2.45, 2.75) is 19.0 Å². The number of likely N-dealkylation sites (N-methyl/N-ethyl adjacent to an activating group) is 2. The van der Waals surface area contributed by atoms with E-state index in [1.165, 1.54) is 11.4 Å². The predicted octanol–water partition coefficient (Wildman–Crippen LogP) is 5.09. The predicted molar refractivity (Wildman–Crippen MR) is 114 cm³/mol. The van der Waals surface area contributed by atoms with E-state index in [-0.39, 0.29) is 12.8 Å². The highest BCUT2D eigenvalue weighted by Crippen LogP contribution is 2.36. The first-order valence-corrected chi connectivity index (χ1v) is 10.1. The molecule has 2 heterocycles. The molecule has 4 nitrogen and oxygen atoms in total. The van der Waals surface area contributed by atoms with Gasteiger partial charge in [-0.25, -0.2) is 0 Å². The molecule has 0 bridgehead atoms. The van der Waals surface area contributed by atoms with E-state index in [0.29, 0.717) is 13.1 Å². The maximum Gasteiger partial charge on any atom is 0.391 e. The van der Waals surface area contributed by atoms with E-state index in [1.807, 2.05) is 29.2 Å². The largest absolute Gasteiger partial charge is 0.391 e. The van der Waals surface area contributed by atoms with Crippen LogP contribution in [0.2, 0.25) is 0 Å². The molecule has 0 unspecified atom stereocenters. The molecule has 2 aromatic carbocycles. The number of piperidine rings is 1. The average Bonchev–Trinajstić information content (AvgIpc) is 2.71. The van der Waals surface area contributed by atoms with Gasteiger partial charge in [-0.3, -0.25) is 0 Å². The number of hydrogen-bond acceptors (Lipinski definition) is 4. The van der Waals surface area contributed by atoms with E-state index in [2.05, 4.69) is 47.4 Å². The highest BCUT2D eigenvalue weighted by molar-refractivity contribution is 5.78. The van der Waals surface area contributed by atoms with Crippen LogP contribution in [0.15, 0.2) is 42.5 Å². The molecule has 7 heteroatoms. The summed E-state index contributed by atoms with van der Waals surface area (Å²) in [6.45, 7) is 2.90. The molecule has 0 spiro atoms. The number of nitrogens with one attached hydrogen (secondary N) is 1. The zero-order valence-corrected chi connectivity index (χ0v) is 16.8. The highest BCUT2D eigenvalue weighted by Gasteiger charge is 2.41. The standard InChI is InChI=1S/C22H27F3N4/c1-27-13-14-28(2)21-15-18(5-8-20(21)27)26-17-3-6-19(7-4-17)29-11-9-16(10-12-29)22(23,24)25/h3-8,15-16,26H,9-14H2,1-2H3. The number of halogens is 3. The Bertz CT molecular complexity index is 842. The molecule has 0 amide bonds. The van der Waals surface area contributed by atoms with Gasteiger partial charge in [0.1, 0.15) is 0 Å². The molecule has 2 aromatic rings. The summed E-state index contributed by atoms with van der Waals surface area (Å²) in [4.78, 5) is 6.56. The van der Waals surface area contributed by atoms with Crippen LogP contribution in [0.4, 0.5) is 41.6 Å². The third kappa shape index (κ3) is 4.23. The van der Waals surface area contributed by atoms with Crippen molar-refractivity contribution in [1.82, 2.24) is 0 Å². The second kappa shape index (κ2) is 7.69. The van der Waals surface area contributed by atoms with Crippen LogP contribution < -0.4 is 20.0 Å². The van der Waals surface area contributed by atoms with Crippen molar-refractivity contribution in [2.75, 3.05) is 60.3 Å². The van der Waals surface area contributed by atoms with E-state index in [1.54, 1.807) is 0 Å². The Labute approximate surface area is 169 Å². The molecule has 0 aromatic heterocycles. The van der Waals surface area contributed by atoms with Crippen molar-refractivity contribution in [3.63, 3.8) is 0 Å². The summed E-state index contributed by atoms with van der Waals surface area (Å²) in [7, 11) is 4.21. The Morgan fingerprint density at radius 1 is 0.793 bits per heavy atom. The van der Waals surface area contributed by atoms with Crippen molar-refractivity contribution >= 4 is 28.4 Å². The number of fused-ring (bicyclic) bond motifs is 1. The van der Waals surface area contributed by atoms with E-state index in [9.17, 15) is 13.2 Å². The van der Waals surface area contributed by atoms with Crippen LogP contribution in [0, 0.1) is 5.92 Å². The van der Waals surface area contributed by atoms with E-state index in [0.717, 1.165) is 30.2 Å². The molecule has 156 valence electrons. The quantitative estimate of drug-likeness (QED) is 0.769. The van der Waals surface area contributed by atoms with Gasteiger partial charge in [-0.05, 0) is 55.3 Å². The van der Waals surface area contributed by atoms with Crippen molar-refractivity contribution in [3.05, 3.63) is 42.5 Å². The summed E-state index contributed by atoms with van der Waals surface area (Å²) in [6, 6.07) is 14.3. The molecular formula is C22H27F3N4. The monoisotopic (exact) mass is 404 g/mol. The van der Waals surface area contributed by atoms with Crippen LogP contribution in [0.3, 0.4) is 0 Å². The summed E-state index contributed by atoms with van der Waals surface area (Å²) >= 11 is 0. The zero-order chi connectivity index (χ0) is 20.6. The molecule has 0 radical (unpaired) electrons. The lowest BCUT2D eigenvalue weighted by atomic mass is 9.96. The van der Waals surface area contributed by atoms with Gasteiger partial charge in [-0.15, -0.1) is 0 Å². The molecule has 29 heavy (non-hydrogen) atoms. The molecular weight excluding hydrogens is 377 g/mol. The lowest BCUT2D eigenvalue weighted by Crippen LogP contribution is -2.38. The fourth-order valence-corrected chi connectivity index (χ4v) is 4.16. The number of nitrogens with zero attached hydrogens (tertiary/aromatic N) is 3. The van der Waals surface area contributed by atoms with Gasteiger partial charge in [0.15, 0.2) is 0 Å². The number of rotatable bonds is 3. The maximum absolute atomic E-state index is 12.8. The van der Waals surface area contributed by atoms with Crippen molar-refractivity contribution < 1.29 is 13.2 Å². The fraction of sp³-hybridized carbons (Fsp3) is 0.455. The Morgan fingerprint density at radius 3 is 2.00 bits per heavy atom. The van der Waals surface area contributed by atoms with Crippen LogP contribution in [0.5, 0.6) is 0 Å². The van der Waals surface area contributed by atoms with E-state index < -0.39 is 12.1 Å². The Hall–Kier alpha value is -2.57. The van der Waals surface area contributed by atoms with Gasteiger partial charge >= 0.3 is 6.18 Å². The van der Waals surface area contributed by atoms with Crippen molar-refractivity contribution in [1.29, 1.82) is 0 Å². The Balaban J connectivity index is 1.41. The summed E-state index contributed by atoms with van der Waals surface area (Å²) in [6.07, 6.45) is -3.74. The second-order valence-corrected chi connectivity index (χ2v) is 8.02. The maximum atomic E-state index is 12.8. The number of anilines is 5. The third-order valence-corrected chi connectivity index (χ3v) is 6.05. The molecule has 4 rings (SSSR count). The molecule has 1 saturated heterocycles. The highest BCUT2D eigenvalue weighted by atomic mass is 19.4. The molecule has 0 aliphatic carbocycles. The zero-order valence-electron chi connectivity index (χ0n) is 16.8. The first-order valence-electron chi connectivity index (χ1n) is 10.1. The molecule has 0 atom stereocenters. The van der Waals surface area contributed by atoms with Crippen molar-refractivity contribution in [3.8, 4) is 0 Å². The van der Waals surface area contributed by atoms with Gasteiger partial charge in [0.2, 0.25) is 0 Å². The van der Waals surface area contributed by atoms with Crippen LogP contribution in [-0.4, -0.2) is 46.5 Å². The van der Waals surface area contributed by atoms with Gasteiger partial charge in [-0.1, -0.05) is 0 Å². The van der Waals surface area contributed by atoms with Crippen LogP contribution >= 0.6 is 0 Å². The summed E-state index contributed by atoms with van der Waals surface area (Å²) < 4.78 is 38.5. The minimum absolute atomic E-state index is 0.167. The molecule has 2 aliphatic heterocycles. The molecule has 1 N–H and O–H groups in total. The van der Waals surface area contributed by atoms with Gasteiger partial charge in [-0.2, -0.15) is 13.2 Å². The van der Waals surface area contributed by atoms with Crippen molar-refractivity contribution in [2.24, 2.45) is 5.92 Å². The number of hydrogen-bond donors (Lipinski definition) is 1. The van der Waals surface area contributed by atoms with E-state index in [4.69, 9.17) is 0 Å². The lowest BCUT2D eigenvalue weighted by molar-refractivity contribution is -0.179. The van der Waals surface area contributed by atoms with E-state index >= 15 is 0 Å². The number of benzene rings is 2. The molecule has 1 fully saturated rings. The minimum atomic E-state index is -4.07.